The highest BCUT2D eigenvalue weighted by molar-refractivity contribution is 5.87. The third kappa shape index (κ3) is 5.72. The van der Waals surface area contributed by atoms with E-state index in [0.29, 0.717) is 19.8 Å². The molecule has 0 saturated heterocycles. The number of rotatable bonds is 8. The summed E-state index contributed by atoms with van der Waals surface area (Å²) in [6, 6.07) is 16.3. The van der Waals surface area contributed by atoms with Crippen LogP contribution in [0.5, 0.6) is 0 Å². The van der Waals surface area contributed by atoms with Crippen molar-refractivity contribution in [2.24, 2.45) is 5.41 Å². The van der Waals surface area contributed by atoms with Crippen LogP contribution in [0, 0.1) is 5.41 Å². The number of hydrogen-bond donors (Lipinski definition) is 2. The van der Waals surface area contributed by atoms with Crippen LogP contribution < -0.4 is 5.32 Å². The molecule has 0 radical (unpaired) electrons. The first kappa shape index (κ1) is 18.7. The van der Waals surface area contributed by atoms with Gasteiger partial charge in [0.1, 0.15) is 0 Å². The molecule has 0 aliphatic rings. The summed E-state index contributed by atoms with van der Waals surface area (Å²) in [4.78, 5) is 23.2. The molecular formula is C20H23NO4. The highest BCUT2D eigenvalue weighted by Crippen LogP contribution is 2.17. The minimum absolute atomic E-state index is 0.108. The number of ether oxygens (including phenoxy) is 1. The molecule has 0 fully saturated rings. The second-order valence-corrected chi connectivity index (χ2v) is 6.55. The second-order valence-electron chi connectivity index (χ2n) is 6.55. The highest BCUT2D eigenvalue weighted by Gasteiger charge is 2.27. The first-order valence-corrected chi connectivity index (χ1v) is 8.11. The van der Waals surface area contributed by atoms with E-state index >= 15 is 0 Å². The molecular weight excluding hydrogens is 318 g/mol. The van der Waals surface area contributed by atoms with Crippen molar-refractivity contribution in [2.45, 2.75) is 27.0 Å². The van der Waals surface area contributed by atoms with Gasteiger partial charge in [0, 0.05) is 6.54 Å². The Morgan fingerprint density at radius 1 is 1.00 bits per heavy atom. The summed E-state index contributed by atoms with van der Waals surface area (Å²) >= 11 is 0. The van der Waals surface area contributed by atoms with Gasteiger partial charge in [-0.05, 0) is 37.1 Å². The van der Waals surface area contributed by atoms with E-state index in [4.69, 9.17) is 9.84 Å². The van der Waals surface area contributed by atoms with Crippen molar-refractivity contribution >= 4 is 11.9 Å². The molecule has 0 atom stereocenters. The van der Waals surface area contributed by atoms with Gasteiger partial charge in [-0.25, -0.2) is 4.79 Å². The fourth-order valence-electron chi connectivity index (χ4n) is 2.25. The number of hydrogen-bond acceptors (Lipinski definition) is 3. The number of benzene rings is 2. The Labute approximate surface area is 147 Å². The van der Waals surface area contributed by atoms with Gasteiger partial charge in [0.2, 0.25) is 5.91 Å². The molecule has 2 aromatic rings. The molecule has 5 nitrogen and oxygen atoms in total. The molecule has 0 heterocycles. The fraction of sp³-hybridized carbons (Fsp3) is 0.300. The van der Waals surface area contributed by atoms with Crippen LogP contribution in [0.1, 0.15) is 35.3 Å². The van der Waals surface area contributed by atoms with Gasteiger partial charge in [-0.15, -0.1) is 0 Å². The zero-order chi connectivity index (χ0) is 18.3. The monoisotopic (exact) mass is 341 g/mol. The van der Waals surface area contributed by atoms with Crippen LogP contribution in [0.15, 0.2) is 54.6 Å². The Kier molecular flexibility index (Phi) is 6.31. The third-order valence-corrected chi connectivity index (χ3v) is 3.84. The smallest absolute Gasteiger partial charge is 0.335 e. The molecule has 2 N–H and O–H groups in total. The molecule has 2 aromatic carbocycles. The van der Waals surface area contributed by atoms with Gasteiger partial charge in [0.15, 0.2) is 0 Å². The van der Waals surface area contributed by atoms with Crippen molar-refractivity contribution in [3.8, 4) is 0 Å². The lowest BCUT2D eigenvalue weighted by Crippen LogP contribution is -2.39. The van der Waals surface area contributed by atoms with Gasteiger partial charge in [0.25, 0.3) is 0 Å². The van der Waals surface area contributed by atoms with Crippen LogP contribution in [-0.4, -0.2) is 23.6 Å². The zero-order valence-corrected chi connectivity index (χ0v) is 14.5. The van der Waals surface area contributed by atoms with Crippen molar-refractivity contribution in [1.29, 1.82) is 0 Å². The maximum atomic E-state index is 12.4. The number of carboxylic acid groups (broad SMARTS) is 1. The highest BCUT2D eigenvalue weighted by atomic mass is 16.5. The number of carbonyl (C=O) groups excluding carboxylic acids is 1. The lowest BCUT2D eigenvalue weighted by atomic mass is 9.93. The summed E-state index contributed by atoms with van der Waals surface area (Å²) in [5.41, 5.74) is 1.48. The van der Waals surface area contributed by atoms with Gasteiger partial charge in [0.05, 0.1) is 24.2 Å². The number of carboxylic acids is 1. The summed E-state index contributed by atoms with van der Waals surface area (Å²) in [5.74, 6) is -1.07. The average molecular weight is 341 g/mol. The third-order valence-electron chi connectivity index (χ3n) is 3.84. The van der Waals surface area contributed by atoms with Crippen LogP contribution in [-0.2, 0) is 22.7 Å². The van der Waals surface area contributed by atoms with Crippen LogP contribution >= 0.6 is 0 Å². The van der Waals surface area contributed by atoms with Crippen molar-refractivity contribution < 1.29 is 19.4 Å². The minimum atomic E-state index is -0.965. The standard InChI is InChI=1S/C20H23NO4/c1-20(2,14-25-13-16-6-4-3-5-7-16)19(24)21-12-15-8-10-17(11-9-15)18(22)23/h3-11H,12-14H2,1-2H3,(H,21,24)(H,22,23). The molecule has 0 bridgehead atoms. The molecule has 0 saturated carbocycles. The van der Waals surface area contributed by atoms with Crippen molar-refractivity contribution in [3.63, 3.8) is 0 Å². The quantitative estimate of drug-likeness (QED) is 0.773. The molecule has 132 valence electrons. The topological polar surface area (TPSA) is 75.6 Å². The van der Waals surface area contributed by atoms with Crippen molar-refractivity contribution in [3.05, 3.63) is 71.3 Å². The molecule has 1 amide bonds. The number of nitrogens with one attached hydrogen (secondary N) is 1. The summed E-state index contributed by atoms with van der Waals surface area (Å²) < 4.78 is 5.67. The van der Waals surface area contributed by atoms with E-state index in [0.717, 1.165) is 11.1 Å². The summed E-state index contributed by atoms with van der Waals surface area (Å²) in [6.07, 6.45) is 0. The Balaban J connectivity index is 1.80. The summed E-state index contributed by atoms with van der Waals surface area (Å²) in [5, 5.41) is 11.8. The summed E-state index contributed by atoms with van der Waals surface area (Å²) in [6.45, 7) is 4.79. The Morgan fingerprint density at radius 3 is 2.24 bits per heavy atom. The van der Waals surface area contributed by atoms with Crippen LogP contribution in [0.2, 0.25) is 0 Å². The summed E-state index contributed by atoms with van der Waals surface area (Å²) in [7, 11) is 0. The molecule has 0 spiro atoms. The molecule has 0 aliphatic heterocycles. The lowest BCUT2D eigenvalue weighted by molar-refractivity contribution is -0.133. The molecule has 5 heteroatoms. The molecule has 0 aromatic heterocycles. The number of aromatic carboxylic acids is 1. The number of carbonyl (C=O) groups is 2. The van der Waals surface area contributed by atoms with Crippen molar-refractivity contribution in [1.82, 2.24) is 5.32 Å². The first-order valence-electron chi connectivity index (χ1n) is 8.11. The number of amides is 1. The van der Waals surface area contributed by atoms with Crippen LogP contribution in [0.3, 0.4) is 0 Å². The van der Waals surface area contributed by atoms with E-state index in [9.17, 15) is 9.59 Å². The molecule has 25 heavy (non-hydrogen) atoms. The maximum absolute atomic E-state index is 12.4. The van der Waals surface area contributed by atoms with Crippen LogP contribution in [0.25, 0.3) is 0 Å². The molecule has 0 unspecified atom stereocenters. The van der Waals surface area contributed by atoms with Gasteiger partial charge in [-0.1, -0.05) is 42.5 Å². The fourth-order valence-corrected chi connectivity index (χ4v) is 2.25. The Bertz CT molecular complexity index is 708. The molecule has 2 rings (SSSR count). The SMILES string of the molecule is CC(C)(COCc1ccccc1)C(=O)NCc1ccc(C(=O)O)cc1. The van der Waals surface area contributed by atoms with Gasteiger partial charge < -0.3 is 15.2 Å². The van der Waals surface area contributed by atoms with E-state index in [1.54, 1.807) is 12.1 Å². The van der Waals surface area contributed by atoms with Gasteiger partial charge >= 0.3 is 5.97 Å². The van der Waals surface area contributed by atoms with Crippen LogP contribution in [0.4, 0.5) is 0 Å². The van der Waals surface area contributed by atoms with E-state index < -0.39 is 11.4 Å². The average Bonchev–Trinajstić information content (AvgIpc) is 2.60. The zero-order valence-electron chi connectivity index (χ0n) is 14.5. The largest absolute Gasteiger partial charge is 0.478 e. The molecule has 0 aliphatic carbocycles. The van der Waals surface area contributed by atoms with E-state index in [1.807, 2.05) is 44.2 Å². The Hall–Kier alpha value is -2.66. The van der Waals surface area contributed by atoms with E-state index in [-0.39, 0.29) is 11.5 Å². The van der Waals surface area contributed by atoms with E-state index in [2.05, 4.69) is 5.32 Å². The minimum Gasteiger partial charge on any atom is -0.478 e. The maximum Gasteiger partial charge on any atom is 0.335 e. The first-order chi connectivity index (χ1) is 11.9. The van der Waals surface area contributed by atoms with Gasteiger partial charge in [-0.2, -0.15) is 0 Å². The predicted molar refractivity (Wildman–Crippen MR) is 95.1 cm³/mol. The normalized spacial score (nSPS) is 11.1. The van der Waals surface area contributed by atoms with E-state index in [1.165, 1.54) is 12.1 Å². The van der Waals surface area contributed by atoms with Gasteiger partial charge in [-0.3, -0.25) is 4.79 Å². The predicted octanol–water partition coefficient (Wildman–Crippen LogP) is 3.24. The lowest BCUT2D eigenvalue weighted by Gasteiger charge is -2.23. The Morgan fingerprint density at radius 2 is 1.64 bits per heavy atom. The van der Waals surface area contributed by atoms with Crippen molar-refractivity contribution in [2.75, 3.05) is 6.61 Å². The second kappa shape index (κ2) is 8.44.